The molecule has 1 unspecified atom stereocenters. The summed E-state index contributed by atoms with van der Waals surface area (Å²) < 4.78 is 37.4. The molecule has 0 radical (unpaired) electrons. The van der Waals surface area contributed by atoms with Gasteiger partial charge in [0.2, 0.25) is 10.0 Å². The zero-order valence-corrected chi connectivity index (χ0v) is 16.6. The van der Waals surface area contributed by atoms with Crippen molar-refractivity contribution in [1.29, 1.82) is 0 Å². The van der Waals surface area contributed by atoms with Crippen molar-refractivity contribution >= 4 is 28.4 Å². The van der Waals surface area contributed by atoms with Crippen LogP contribution in [0.3, 0.4) is 0 Å². The van der Waals surface area contributed by atoms with E-state index in [1.54, 1.807) is 24.3 Å². The van der Waals surface area contributed by atoms with E-state index < -0.39 is 16.0 Å². The highest BCUT2D eigenvalue weighted by Crippen LogP contribution is 2.21. The highest BCUT2D eigenvalue weighted by molar-refractivity contribution is 7.89. The van der Waals surface area contributed by atoms with Crippen LogP contribution < -0.4 is 4.74 Å². The van der Waals surface area contributed by atoms with E-state index in [0.29, 0.717) is 58.2 Å². The van der Waals surface area contributed by atoms with Crippen LogP contribution in [-0.2, 0) is 19.6 Å². The summed E-state index contributed by atoms with van der Waals surface area (Å²) in [5, 5.41) is 9.00. The fourth-order valence-electron chi connectivity index (χ4n) is 3.17. The monoisotopic (exact) mass is 420 g/mol. The molecule has 1 aromatic carbocycles. The number of hydrogen-bond acceptors (Lipinski definition) is 6. The first-order valence-electron chi connectivity index (χ1n) is 8.73. The minimum Gasteiger partial charge on any atom is -0.492 e. The number of morpholine rings is 1. The molecule has 0 aromatic heterocycles. The number of likely N-dealkylation sites (tertiary alicyclic amines) is 1. The molecule has 2 aliphatic rings. The summed E-state index contributed by atoms with van der Waals surface area (Å²) in [4.78, 5) is 13.3. The van der Waals surface area contributed by atoms with Crippen LogP contribution in [0.25, 0.3) is 0 Å². The Kier molecular flexibility index (Phi) is 7.87. The van der Waals surface area contributed by atoms with Gasteiger partial charge in [-0.15, -0.1) is 12.4 Å². The number of carbonyl (C=O) groups is 1. The van der Waals surface area contributed by atoms with Gasteiger partial charge in [-0.25, -0.2) is 8.42 Å². The number of carboxylic acids is 1. The van der Waals surface area contributed by atoms with Gasteiger partial charge >= 0.3 is 5.97 Å². The summed E-state index contributed by atoms with van der Waals surface area (Å²) in [5.74, 6) is -0.440. The molecule has 1 aromatic rings. The number of ether oxygens (including phenoxy) is 2. The largest absolute Gasteiger partial charge is 0.492 e. The van der Waals surface area contributed by atoms with Crippen molar-refractivity contribution in [1.82, 2.24) is 9.21 Å². The first-order chi connectivity index (χ1) is 12.5. The zero-order chi connectivity index (χ0) is 18.6. The third-order valence-corrected chi connectivity index (χ3v) is 6.64. The number of rotatable bonds is 7. The van der Waals surface area contributed by atoms with Crippen LogP contribution in [0.5, 0.6) is 5.75 Å². The lowest BCUT2D eigenvalue weighted by molar-refractivity contribution is -0.141. The fourth-order valence-corrected chi connectivity index (χ4v) is 4.58. The molecule has 0 bridgehead atoms. The van der Waals surface area contributed by atoms with E-state index in [-0.39, 0.29) is 23.2 Å². The van der Waals surface area contributed by atoms with Gasteiger partial charge in [0.25, 0.3) is 0 Å². The molecule has 2 fully saturated rings. The second-order valence-electron chi connectivity index (χ2n) is 6.46. The molecule has 3 rings (SSSR count). The van der Waals surface area contributed by atoms with Crippen LogP contribution in [0.15, 0.2) is 29.2 Å². The number of carboxylic acid groups (broad SMARTS) is 1. The lowest BCUT2D eigenvalue weighted by Crippen LogP contribution is -2.40. The van der Waals surface area contributed by atoms with E-state index in [2.05, 4.69) is 4.90 Å². The van der Waals surface area contributed by atoms with Crippen molar-refractivity contribution in [2.45, 2.75) is 11.3 Å². The third-order valence-electron chi connectivity index (χ3n) is 4.73. The topological polar surface area (TPSA) is 96.4 Å². The van der Waals surface area contributed by atoms with Crippen molar-refractivity contribution in [2.24, 2.45) is 5.92 Å². The Morgan fingerprint density at radius 1 is 1.19 bits per heavy atom. The second-order valence-corrected chi connectivity index (χ2v) is 8.40. The van der Waals surface area contributed by atoms with Crippen molar-refractivity contribution < 1.29 is 27.8 Å². The van der Waals surface area contributed by atoms with E-state index >= 15 is 0 Å². The van der Waals surface area contributed by atoms with Gasteiger partial charge in [-0.3, -0.25) is 9.69 Å². The highest BCUT2D eigenvalue weighted by atomic mass is 35.5. The molecule has 27 heavy (non-hydrogen) atoms. The molecule has 8 nitrogen and oxygen atoms in total. The molecule has 10 heteroatoms. The Labute approximate surface area is 165 Å². The maximum atomic E-state index is 12.5. The molecule has 2 aliphatic heterocycles. The van der Waals surface area contributed by atoms with Gasteiger partial charge in [0.15, 0.2) is 0 Å². The van der Waals surface area contributed by atoms with Crippen molar-refractivity contribution in [2.75, 3.05) is 52.5 Å². The Morgan fingerprint density at radius 3 is 2.44 bits per heavy atom. The number of halogens is 1. The van der Waals surface area contributed by atoms with Gasteiger partial charge in [-0.2, -0.15) is 4.31 Å². The average molecular weight is 421 g/mol. The number of aliphatic carboxylic acids is 1. The standard InChI is InChI=1S/C17H24N2O6S.ClH/c20-17(21)14-5-6-18(13-14)7-12-25-15-1-3-16(4-2-15)26(22,23)19-8-10-24-11-9-19;/h1-4,14H,5-13H2,(H,20,21);1H. The maximum absolute atomic E-state index is 12.5. The van der Waals surface area contributed by atoms with E-state index in [1.807, 2.05) is 0 Å². The van der Waals surface area contributed by atoms with Crippen molar-refractivity contribution in [3.63, 3.8) is 0 Å². The van der Waals surface area contributed by atoms with E-state index in [4.69, 9.17) is 14.6 Å². The van der Waals surface area contributed by atoms with Crippen LogP contribution in [0.1, 0.15) is 6.42 Å². The fraction of sp³-hybridized carbons (Fsp3) is 0.588. The predicted octanol–water partition coefficient (Wildman–Crippen LogP) is 0.915. The summed E-state index contributed by atoms with van der Waals surface area (Å²) in [6.07, 6.45) is 0.670. The van der Waals surface area contributed by atoms with Gasteiger partial charge in [-0.1, -0.05) is 0 Å². The van der Waals surface area contributed by atoms with Crippen LogP contribution >= 0.6 is 12.4 Å². The van der Waals surface area contributed by atoms with E-state index in [1.165, 1.54) is 4.31 Å². The van der Waals surface area contributed by atoms with Gasteiger partial charge in [0.1, 0.15) is 12.4 Å². The smallest absolute Gasteiger partial charge is 0.307 e. The normalized spacial score (nSPS) is 21.6. The van der Waals surface area contributed by atoms with Crippen molar-refractivity contribution in [3.8, 4) is 5.75 Å². The number of hydrogen-bond donors (Lipinski definition) is 1. The lowest BCUT2D eigenvalue weighted by atomic mass is 10.1. The Hall–Kier alpha value is -1.39. The molecule has 152 valence electrons. The third kappa shape index (κ3) is 5.55. The van der Waals surface area contributed by atoms with Crippen LogP contribution in [0.2, 0.25) is 0 Å². The first-order valence-corrected chi connectivity index (χ1v) is 10.2. The van der Waals surface area contributed by atoms with Crippen molar-refractivity contribution in [3.05, 3.63) is 24.3 Å². The lowest BCUT2D eigenvalue weighted by Gasteiger charge is -2.26. The molecule has 0 amide bonds. The molecular weight excluding hydrogens is 396 g/mol. The first kappa shape index (κ1) is 21.9. The zero-order valence-electron chi connectivity index (χ0n) is 15.0. The highest BCUT2D eigenvalue weighted by Gasteiger charge is 2.28. The van der Waals surface area contributed by atoms with E-state index in [0.717, 1.165) is 6.54 Å². The van der Waals surface area contributed by atoms with Crippen LogP contribution in [-0.4, -0.2) is 81.2 Å². The minimum absolute atomic E-state index is 0. The van der Waals surface area contributed by atoms with Gasteiger partial charge < -0.3 is 14.6 Å². The molecule has 0 saturated carbocycles. The van der Waals surface area contributed by atoms with Gasteiger partial charge in [0, 0.05) is 26.2 Å². The Bertz CT molecular complexity index is 721. The summed E-state index contributed by atoms with van der Waals surface area (Å²) >= 11 is 0. The summed E-state index contributed by atoms with van der Waals surface area (Å²) in [6, 6.07) is 6.40. The molecular formula is C17H25ClN2O6S. The minimum atomic E-state index is -3.49. The SMILES string of the molecule is Cl.O=C(O)C1CCN(CCOc2ccc(S(=O)(=O)N3CCOCC3)cc2)C1. The number of sulfonamides is 1. The molecule has 1 N–H and O–H groups in total. The number of benzene rings is 1. The molecule has 2 saturated heterocycles. The molecule has 1 atom stereocenters. The molecule has 0 spiro atoms. The predicted molar refractivity (Wildman–Crippen MR) is 101 cm³/mol. The second kappa shape index (κ2) is 9.70. The summed E-state index contributed by atoms with van der Waals surface area (Å²) in [5.41, 5.74) is 0. The summed E-state index contributed by atoms with van der Waals surface area (Å²) in [7, 11) is -3.49. The maximum Gasteiger partial charge on any atom is 0.307 e. The van der Waals surface area contributed by atoms with Crippen LogP contribution in [0.4, 0.5) is 0 Å². The van der Waals surface area contributed by atoms with Gasteiger partial charge in [0.05, 0.1) is 24.0 Å². The van der Waals surface area contributed by atoms with Crippen LogP contribution in [0, 0.1) is 5.92 Å². The van der Waals surface area contributed by atoms with Gasteiger partial charge in [-0.05, 0) is 37.2 Å². The van der Waals surface area contributed by atoms with E-state index in [9.17, 15) is 13.2 Å². The quantitative estimate of drug-likeness (QED) is 0.700. The number of nitrogens with zero attached hydrogens (tertiary/aromatic N) is 2. The molecule has 0 aliphatic carbocycles. The Balaban J connectivity index is 0.00000261. The average Bonchev–Trinajstić information content (AvgIpc) is 3.12. The molecule has 2 heterocycles. The summed E-state index contributed by atoms with van der Waals surface area (Å²) in [6.45, 7) is 3.97. The Morgan fingerprint density at radius 2 is 1.85 bits per heavy atom.